The van der Waals surface area contributed by atoms with Gasteiger partial charge in [-0.2, -0.15) is 0 Å². The van der Waals surface area contributed by atoms with E-state index in [-0.39, 0.29) is 11.7 Å². The molecular formula is C21H24N4O3S. The van der Waals surface area contributed by atoms with Crippen LogP contribution in [0, 0.1) is 0 Å². The van der Waals surface area contributed by atoms with E-state index in [4.69, 9.17) is 4.98 Å². The zero-order chi connectivity index (χ0) is 20.3. The first-order chi connectivity index (χ1) is 14.0. The fourth-order valence-corrected chi connectivity index (χ4v) is 5.21. The number of fused-ring (bicyclic) bond motifs is 1. The zero-order valence-electron chi connectivity index (χ0n) is 16.1. The predicted molar refractivity (Wildman–Crippen MR) is 112 cm³/mol. The Labute approximate surface area is 170 Å². The molecule has 1 saturated heterocycles. The molecule has 0 aliphatic carbocycles. The number of imidazole rings is 1. The highest BCUT2D eigenvalue weighted by Gasteiger charge is 2.27. The van der Waals surface area contributed by atoms with Crippen molar-refractivity contribution < 1.29 is 13.2 Å². The molecule has 1 aliphatic rings. The summed E-state index contributed by atoms with van der Waals surface area (Å²) in [5, 5.41) is 2.83. The first kappa shape index (κ1) is 19.6. The van der Waals surface area contributed by atoms with Crippen molar-refractivity contribution in [1.29, 1.82) is 0 Å². The minimum atomic E-state index is -3.12. The Hall–Kier alpha value is -2.71. The van der Waals surface area contributed by atoms with E-state index in [1.54, 1.807) is 0 Å². The number of carbonyl (C=O) groups is 1. The van der Waals surface area contributed by atoms with Gasteiger partial charge in [0.1, 0.15) is 5.82 Å². The Morgan fingerprint density at radius 3 is 2.59 bits per heavy atom. The largest absolute Gasteiger partial charge is 0.355 e. The lowest BCUT2D eigenvalue weighted by Gasteiger charge is -2.14. The average Bonchev–Trinajstić information content (AvgIpc) is 3.26. The summed E-state index contributed by atoms with van der Waals surface area (Å²) in [6.07, 6.45) is 1.45. The van der Waals surface area contributed by atoms with Crippen LogP contribution in [0.3, 0.4) is 0 Å². The van der Waals surface area contributed by atoms with E-state index in [1.165, 1.54) is 4.31 Å². The summed E-state index contributed by atoms with van der Waals surface area (Å²) in [5.74, 6) is 0.930. The number of aryl methyl sites for hydroxylation is 1. The van der Waals surface area contributed by atoms with E-state index in [0.29, 0.717) is 38.9 Å². The molecule has 1 aromatic heterocycles. The number of sulfonamides is 1. The smallest absolute Gasteiger partial charge is 0.220 e. The maximum atomic E-state index is 12.3. The molecule has 0 saturated carbocycles. The van der Waals surface area contributed by atoms with Crippen LogP contribution in [0.1, 0.15) is 18.7 Å². The van der Waals surface area contributed by atoms with E-state index in [2.05, 4.69) is 9.88 Å². The average molecular weight is 413 g/mol. The van der Waals surface area contributed by atoms with Gasteiger partial charge in [0.25, 0.3) is 0 Å². The van der Waals surface area contributed by atoms with Gasteiger partial charge < -0.3 is 5.32 Å². The van der Waals surface area contributed by atoms with Crippen LogP contribution >= 0.6 is 0 Å². The second kappa shape index (κ2) is 8.34. The number of nitrogens with zero attached hydrogens (tertiary/aromatic N) is 3. The van der Waals surface area contributed by atoms with Crippen molar-refractivity contribution in [3.05, 3.63) is 60.4 Å². The normalized spacial score (nSPS) is 16.3. The summed E-state index contributed by atoms with van der Waals surface area (Å²) in [5.41, 5.74) is 2.91. The molecule has 4 rings (SSSR count). The van der Waals surface area contributed by atoms with E-state index in [9.17, 15) is 13.2 Å². The number of amides is 1. The number of hydrogen-bond donors (Lipinski definition) is 1. The number of hydrogen-bond acceptors (Lipinski definition) is 4. The van der Waals surface area contributed by atoms with Gasteiger partial charge in [-0.15, -0.1) is 0 Å². The van der Waals surface area contributed by atoms with Gasteiger partial charge in [-0.1, -0.05) is 30.3 Å². The lowest BCUT2D eigenvalue weighted by molar-refractivity contribution is -0.121. The maximum Gasteiger partial charge on any atom is 0.220 e. The van der Waals surface area contributed by atoms with Gasteiger partial charge in [-0.3, -0.25) is 9.36 Å². The summed E-state index contributed by atoms with van der Waals surface area (Å²) in [6, 6.07) is 17.9. The summed E-state index contributed by atoms with van der Waals surface area (Å²) < 4.78 is 27.1. The summed E-state index contributed by atoms with van der Waals surface area (Å²) in [7, 11) is -3.12. The van der Waals surface area contributed by atoms with Gasteiger partial charge >= 0.3 is 0 Å². The van der Waals surface area contributed by atoms with Crippen molar-refractivity contribution in [1.82, 2.24) is 19.2 Å². The van der Waals surface area contributed by atoms with Crippen molar-refractivity contribution >= 4 is 27.0 Å². The number of rotatable bonds is 7. The molecule has 0 radical (unpaired) electrons. The molecule has 152 valence electrons. The van der Waals surface area contributed by atoms with Crippen molar-refractivity contribution in [2.75, 3.05) is 25.4 Å². The molecule has 0 unspecified atom stereocenters. The Morgan fingerprint density at radius 1 is 1.07 bits per heavy atom. The SMILES string of the molecule is O=C(CCc1nc2ccccc2n1-c1ccccc1)NCCN1CCCS1(=O)=O. The quantitative estimate of drug-likeness (QED) is 0.644. The highest BCUT2D eigenvalue weighted by atomic mass is 32.2. The minimum absolute atomic E-state index is 0.103. The summed E-state index contributed by atoms with van der Waals surface area (Å²) in [6.45, 7) is 1.20. The number of carbonyl (C=O) groups excluding carboxylic acids is 1. The Kier molecular flexibility index (Phi) is 5.64. The highest BCUT2D eigenvalue weighted by molar-refractivity contribution is 7.89. The van der Waals surface area contributed by atoms with Crippen LogP contribution in [0.4, 0.5) is 0 Å². The molecule has 1 fully saturated rings. The van der Waals surface area contributed by atoms with Gasteiger partial charge in [-0.25, -0.2) is 17.7 Å². The number of benzene rings is 2. The van der Waals surface area contributed by atoms with Gasteiger partial charge in [0.15, 0.2) is 0 Å². The molecule has 2 heterocycles. The molecule has 8 heteroatoms. The molecule has 1 aliphatic heterocycles. The summed E-state index contributed by atoms with van der Waals surface area (Å²) >= 11 is 0. The monoisotopic (exact) mass is 412 g/mol. The number of para-hydroxylation sites is 3. The van der Waals surface area contributed by atoms with E-state index in [0.717, 1.165) is 22.5 Å². The van der Waals surface area contributed by atoms with Gasteiger partial charge in [0.05, 0.1) is 16.8 Å². The van der Waals surface area contributed by atoms with Crippen LogP contribution in [-0.4, -0.2) is 53.6 Å². The maximum absolute atomic E-state index is 12.3. The van der Waals surface area contributed by atoms with Crippen LogP contribution in [0.15, 0.2) is 54.6 Å². The fourth-order valence-electron chi connectivity index (χ4n) is 3.68. The molecule has 29 heavy (non-hydrogen) atoms. The van der Waals surface area contributed by atoms with Gasteiger partial charge in [-0.05, 0) is 30.7 Å². The third-order valence-electron chi connectivity index (χ3n) is 5.11. The van der Waals surface area contributed by atoms with Crippen LogP contribution in [-0.2, 0) is 21.2 Å². The third-order valence-corrected chi connectivity index (χ3v) is 7.06. The molecule has 2 aromatic carbocycles. The second-order valence-electron chi connectivity index (χ2n) is 7.11. The molecule has 1 amide bonds. The Morgan fingerprint density at radius 2 is 1.83 bits per heavy atom. The topological polar surface area (TPSA) is 84.3 Å². The number of nitrogens with one attached hydrogen (secondary N) is 1. The van der Waals surface area contributed by atoms with E-state index in [1.807, 2.05) is 54.6 Å². The molecule has 1 N–H and O–H groups in total. The Bertz CT molecular complexity index is 1110. The lowest BCUT2D eigenvalue weighted by Crippen LogP contribution is -2.36. The third kappa shape index (κ3) is 4.33. The molecule has 0 spiro atoms. The molecule has 0 atom stereocenters. The molecule has 7 nitrogen and oxygen atoms in total. The fraction of sp³-hybridized carbons (Fsp3) is 0.333. The van der Waals surface area contributed by atoms with Gasteiger partial charge in [0, 0.05) is 38.2 Å². The molecular weight excluding hydrogens is 388 g/mol. The van der Waals surface area contributed by atoms with Crippen LogP contribution in [0.5, 0.6) is 0 Å². The predicted octanol–water partition coefficient (Wildman–Crippen LogP) is 2.11. The van der Waals surface area contributed by atoms with E-state index < -0.39 is 10.0 Å². The molecule has 3 aromatic rings. The van der Waals surface area contributed by atoms with Crippen LogP contribution in [0.2, 0.25) is 0 Å². The first-order valence-electron chi connectivity index (χ1n) is 9.81. The van der Waals surface area contributed by atoms with Crippen molar-refractivity contribution in [3.8, 4) is 5.69 Å². The highest BCUT2D eigenvalue weighted by Crippen LogP contribution is 2.22. The van der Waals surface area contributed by atoms with Crippen molar-refractivity contribution in [2.45, 2.75) is 19.3 Å². The van der Waals surface area contributed by atoms with Crippen LogP contribution in [0.25, 0.3) is 16.7 Å². The zero-order valence-corrected chi connectivity index (χ0v) is 16.9. The lowest BCUT2D eigenvalue weighted by atomic mass is 10.2. The summed E-state index contributed by atoms with van der Waals surface area (Å²) in [4.78, 5) is 17.0. The second-order valence-corrected chi connectivity index (χ2v) is 9.19. The minimum Gasteiger partial charge on any atom is -0.355 e. The number of aromatic nitrogens is 2. The standard InChI is InChI=1S/C21H24N4O3S/c26-21(22-13-15-24-14-6-16-29(24,27)28)12-11-20-23-18-9-4-5-10-19(18)25(20)17-7-2-1-3-8-17/h1-5,7-10H,6,11-16H2,(H,22,26). The first-order valence-corrected chi connectivity index (χ1v) is 11.4. The van der Waals surface area contributed by atoms with Gasteiger partial charge in [0.2, 0.25) is 15.9 Å². The van der Waals surface area contributed by atoms with Crippen molar-refractivity contribution in [3.63, 3.8) is 0 Å². The van der Waals surface area contributed by atoms with E-state index >= 15 is 0 Å². The van der Waals surface area contributed by atoms with Crippen LogP contribution < -0.4 is 5.32 Å². The Balaban J connectivity index is 1.41. The van der Waals surface area contributed by atoms with Crippen molar-refractivity contribution in [2.24, 2.45) is 0 Å². The molecule has 0 bridgehead atoms.